The molecule has 0 fully saturated rings. The summed E-state index contributed by atoms with van der Waals surface area (Å²) in [5.74, 6) is 0. The first-order chi connectivity index (χ1) is 28.8. The van der Waals surface area contributed by atoms with Crippen LogP contribution in [0.1, 0.15) is 0 Å². The molecular formula is C54H34N2OS. The summed E-state index contributed by atoms with van der Waals surface area (Å²) in [6, 6.07) is 74.4. The highest BCUT2D eigenvalue weighted by Crippen LogP contribution is 2.48. The van der Waals surface area contributed by atoms with E-state index in [0.29, 0.717) is 0 Å². The summed E-state index contributed by atoms with van der Waals surface area (Å²) >= 11 is 1.85. The second kappa shape index (κ2) is 13.1. The summed E-state index contributed by atoms with van der Waals surface area (Å²) in [4.78, 5) is 2.43. The number of benzene rings is 9. The van der Waals surface area contributed by atoms with Gasteiger partial charge in [0.05, 0.1) is 22.1 Å². The van der Waals surface area contributed by atoms with Crippen LogP contribution < -0.4 is 4.90 Å². The van der Waals surface area contributed by atoms with Crippen molar-refractivity contribution in [2.24, 2.45) is 0 Å². The van der Waals surface area contributed by atoms with Gasteiger partial charge in [0.15, 0.2) is 0 Å². The van der Waals surface area contributed by atoms with Crippen LogP contribution in [0.3, 0.4) is 0 Å². The van der Waals surface area contributed by atoms with E-state index in [1.54, 1.807) is 0 Å². The van der Waals surface area contributed by atoms with Gasteiger partial charge in [-0.05, 0) is 95.6 Å². The van der Waals surface area contributed by atoms with Gasteiger partial charge in [-0.15, -0.1) is 11.3 Å². The fourth-order valence-electron chi connectivity index (χ4n) is 8.96. The van der Waals surface area contributed by atoms with E-state index in [1.807, 2.05) is 11.3 Å². The molecule has 0 N–H and O–H groups in total. The lowest BCUT2D eigenvalue weighted by atomic mass is 9.99. The average Bonchev–Trinajstić information content (AvgIpc) is 3.97. The third-order valence-electron chi connectivity index (χ3n) is 11.6. The van der Waals surface area contributed by atoms with Crippen LogP contribution in [0, 0.1) is 0 Å². The maximum Gasteiger partial charge on any atom is 0.145 e. The van der Waals surface area contributed by atoms with Gasteiger partial charge < -0.3 is 13.9 Å². The van der Waals surface area contributed by atoms with E-state index in [0.717, 1.165) is 55.8 Å². The minimum atomic E-state index is 0.869. The molecule has 0 unspecified atom stereocenters. The first-order valence-electron chi connectivity index (χ1n) is 19.7. The third-order valence-corrected chi connectivity index (χ3v) is 12.7. The van der Waals surface area contributed by atoms with E-state index >= 15 is 0 Å². The van der Waals surface area contributed by atoms with Gasteiger partial charge in [0.1, 0.15) is 11.2 Å². The van der Waals surface area contributed by atoms with Gasteiger partial charge in [-0.1, -0.05) is 127 Å². The van der Waals surface area contributed by atoms with Crippen molar-refractivity contribution < 1.29 is 4.42 Å². The molecule has 0 spiro atoms. The van der Waals surface area contributed by atoms with E-state index in [2.05, 4.69) is 216 Å². The topological polar surface area (TPSA) is 21.3 Å². The van der Waals surface area contributed by atoms with Crippen LogP contribution in [0.4, 0.5) is 17.1 Å². The van der Waals surface area contributed by atoms with Crippen LogP contribution in [-0.2, 0) is 0 Å². The number of nitrogens with zero attached hydrogens (tertiary/aromatic N) is 2. The SMILES string of the molecule is c1ccc(-c2ccc3sc4ccc(N(c5cccc(-n6c7ccccc7c7ccccc76)c5)c5ccc(-c6ccccc6)c6oc7ccccc7c56)cc4c3c2)cc1. The molecule has 0 saturated heterocycles. The zero-order valence-corrected chi connectivity index (χ0v) is 32.2. The van der Waals surface area contributed by atoms with Crippen LogP contribution in [0.5, 0.6) is 0 Å². The number of furan rings is 1. The number of fused-ring (bicyclic) bond motifs is 9. The smallest absolute Gasteiger partial charge is 0.145 e. The molecule has 0 radical (unpaired) electrons. The molecule has 12 rings (SSSR count). The van der Waals surface area contributed by atoms with Crippen molar-refractivity contribution in [1.29, 1.82) is 0 Å². The highest BCUT2D eigenvalue weighted by molar-refractivity contribution is 7.25. The number of hydrogen-bond donors (Lipinski definition) is 0. The Balaban J connectivity index is 1.14. The van der Waals surface area contributed by atoms with Gasteiger partial charge in [-0.2, -0.15) is 0 Å². The Labute approximate surface area is 338 Å². The fraction of sp³-hybridized carbons (Fsp3) is 0. The van der Waals surface area contributed by atoms with Crippen molar-refractivity contribution in [2.75, 3.05) is 4.90 Å². The van der Waals surface area contributed by atoms with Crippen LogP contribution in [0.25, 0.3) is 91.9 Å². The van der Waals surface area contributed by atoms with Crippen molar-refractivity contribution in [3.8, 4) is 27.9 Å². The molecular weight excluding hydrogens is 725 g/mol. The van der Waals surface area contributed by atoms with Gasteiger partial charge in [0.25, 0.3) is 0 Å². The molecule has 0 atom stereocenters. The van der Waals surface area contributed by atoms with Gasteiger partial charge >= 0.3 is 0 Å². The number of aromatic nitrogens is 1. The maximum absolute atomic E-state index is 6.82. The fourth-order valence-corrected chi connectivity index (χ4v) is 10.0. The number of rotatable bonds is 6. The lowest BCUT2D eigenvalue weighted by molar-refractivity contribution is 0.670. The molecule has 9 aromatic carbocycles. The molecule has 0 amide bonds. The molecule has 0 aliphatic heterocycles. The molecule has 3 heterocycles. The molecule has 3 aromatic heterocycles. The lowest BCUT2D eigenvalue weighted by Crippen LogP contribution is -2.11. The van der Waals surface area contributed by atoms with E-state index in [9.17, 15) is 0 Å². The third kappa shape index (κ3) is 5.12. The van der Waals surface area contributed by atoms with E-state index in [1.165, 1.54) is 53.1 Å². The molecule has 0 saturated carbocycles. The van der Waals surface area contributed by atoms with Gasteiger partial charge in [0, 0.05) is 59.0 Å². The summed E-state index contributed by atoms with van der Waals surface area (Å²) in [5, 5.41) is 7.17. The number of para-hydroxylation sites is 3. The molecule has 4 heteroatoms. The molecule has 0 aliphatic carbocycles. The lowest BCUT2D eigenvalue weighted by Gasteiger charge is -2.27. The molecule has 3 nitrogen and oxygen atoms in total. The van der Waals surface area contributed by atoms with Crippen molar-refractivity contribution in [1.82, 2.24) is 4.57 Å². The van der Waals surface area contributed by atoms with Crippen LogP contribution in [0.2, 0.25) is 0 Å². The monoisotopic (exact) mass is 758 g/mol. The first kappa shape index (κ1) is 32.8. The van der Waals surface area contributed by atoms with Crippen molar-refractivity contribution in [2.45, 2.75) is 0 Å². The molecule has 12 aromatic rings. The normalized spacial score (nSPS) is 11.8. The van der Waals surface area contributed by atoms with E-state index < -0.39 is 0 Å². The number of thiophene rings is 1. The first-order valence-corrected chi connectivity index (χ1v) is 20.5. The molecule has 272 valence electrons. The van der Waals surface area contributed by atoms with Crippen molar-refractivity contribution in [3.63, 3.8) is 0 Å². The molecule has 58 heavy (non-hydrogen) atoms. The minimum absolute atomic E-state index is 0.869. The summed E-state index contributed by atoms with van der Waals surface area (Å²) in [6.45, 7) is 0. The second-order valence-electron chi connectivity index (χ2n) is 14.9. The van der Waals surface area contributed by atoms with Crippen molar-refractivity contribution >= 4 is 92.3 Å². The Kier molecular flexibility index (Phi) is 7.40. The van der Waals surface area contributed by atoms with E-state index in [4.69, 9.17) is 4.42 Å². The Bertz CT molecular complexity index is 3470. The minimum Gasteiger partial charge on any atom is -0.455 e. The second-order valence-corrected chi connectivity index (χ2v) is 16.0. The van der Waals surface area contributed by atoms with Gasteiger partial charge in [-0.3, -0.25) is 0 Å². The zero-order chi connectivity index (χ0) is 38.2. The average molecular weight is 759 g/mol. The largest absolute Gasteiger partial charge is 0.455 e. The molecule has 0 aliphatic rings. The standard InChI is InChI=1S/C54H34N2OS/c1-3-14-35(15-4-1)37-26-30-51-45(32-37)46-34-40(27-31-52(46)58-51)55(38-18-13-19-39(33-38)56-47-23-10-7-20-42(47)43-21-8-11-24-48(43)56)49-29-28-41(36-16-5-2-6-17-36)54-53(49)44-22-9-12-25-50(44)57-54/h1-34H. The quantitative estimate of drug-likeness (QED) is 0.168. The Morgan fingerprint density at radius 2 is 1.03 bits per heavy atom. The van der Waals surface area contributed by atoms with Gasteiger partial charge in [-0.25, -0.2) is 0 Å². The van der Waals surface area contributed by atoms with Gasteiger partial charge in [0.2, 0.25) is 0 Å². The van der Waals surface area contributed by atoms with Crippen molar-refractivity contribution in [3.05, 3.63) is 206 Å². The van der Waals surface area contributed by atoms with Crippen LogP contribution in [-0.4, -0.2) is 4.57 Å². The number of hydrogen-bond acceptors (Lipinski definition) is 3. The maximum atomic E-state index is 6.82. The predicted molar refractivity (Wildman–Crippen MR) is 247 cm³/mol. The summed E-state index contributed by atoms with van der Waals surface area (Å²) < 4.78 is 11.8. The van der Waals surface area contributed by atoms with Crippen LogP contribution in [0.15, 0.2) is 211 Å². The van der Waals surface area contributed by atoms with E-state index in [-0.39, 0.29) is 0 Å². The highest BCUT2D eigenvalue weighted by Gasteiger charge is 2.24. The number of anilines is 3. The summed E-state index contributed by atoms with van der Waals surface area (Å²) in [6.07, 6.45) is 0. The van der Waals surface area contributed by atoms with Crippen LogP contribution >= 0.6 is 11.3 Å². The predicted octanol–water partition coefficient (Wildman–Crippen LogP) is 15.9. The zero-order valence-electron chi connectivity index (χ0n) is 31.3. The Hall–Kier alpha value is -7.40. The summed E-state index contributed by atoms with van der Waals surface area (Å²) in [7, 11) is 0. The molecule has 0 bridgehead atoms. The highest BCUT2D eigenvalue weighted by atomic mass is 32.1. The Morgan fingerprint density at radius 3 is 1.79 bits per heavy atom. The summed E-state index contributed by atoms with van der Waals surface area (Å²) in [5.41, 5.74) is 13.0. The Morgan fingerprint density at radius 1 is 0.414 bits per heavy atom.